The van der Waals surface area contributed by atoms with Gasteiger partial charge in [-0.3, -0.25) is 4.90 Å². The Balaban J connectivity index is 1.63. The van der Waals surface area contributed by atoms with Crippen LogP contribution in [0.3, 0.4) is 0 Å². The molecule has 1 atom stereocenters. The van der Waals surface area contributed by atoms with Crippen molar-refractivity contribution in [3.8, 4) is 11.5 Å². The fourth-order valence-electron chi connectivity index (χ4n) is 2.44. The second-order valence-electron chi connectivity index (χ2n) is 6.67. The second-order valence-corrected chi connectivity index (χ2v) is 6.67. The minimum atomic E-state index is -1.19. The van der Waals surface area contributed by atoms with Crippen LogP contribution in [-0.4, -0.2) is 54.8 Å². The number of para-hydroxylation sites is 2. The molecule has 1 amide bonds. The molecule has 0 aromatic heterocycles. The quantitative estimate of drug-likeness (QED) is 0.753. The van der Waals surface area contributed by atoms with Crippen LogP contribution in [0.5, 0.6) is 11.5 Å². The average molecular weight is 351 g/mol. The highest BCUT2D eigenvalue weighted by Gasteiger charge is 2.39. The van der Waals surface area contributed by atoms with E-state index in [1.807, 2.05) is 0 Å². The summed E-state index contributed by atoms with van der Waals surface area (Å²) in [5.41, 5.74) is -0.664. The number of carbonyl (C=O) groups is 2. The van der Waals surface area contributed by atoms with E-state index in [2.05, 4.69) is 0 Å². The largest absolute Gasteiger partial charge is 0.444 e. The van der Waals surface area contributed by atoms with E-state index in [4.69, 9.17) is 23.7 Å². The maximum atomic E-state index is 12.5. The van der Waals surface area contributed by atoms with Crippen molar-refractivity contribution in [1.82, 2.24) is 4.90 Å². The molecule has 136 valence electrons. The van der Waals surface area contributed by atoms with Gasteiger partial charge in [0.15, 0.2) is 17.5 Å². The molecule has 1 fully saturated rings. The Labute approximate surface area is 145 Å². The summed E-state index contributed by atoms with van der Waals surface area (Å²) in [6, 6.07) is 6.07. The summed E-state index contributed by atoms with van der Waals surface area (Å²) in [5.74, 6) is 0.303. The molecule has 2 aliphatic heterocycles. The highest BCUT2D eigenvalue weighted by atomic mass is 16.9. The maximum absolute atomic E-state index is 12.5. The molecule has 8 nitrogen and oxygen atoms in total. The zero-order chi connectivity index (χ0) is 18.0. The summed E-state index contributed by atoms with van der Waals surface area (Å²) in [5, 5.41) is 0. The van der Waals surface area contributed by atoms with E-state index in [9.17, 15) is 9.59 Å². The third-order valence-corrected chi connectivity index (χ3v) is 3.54. The van der Waals surface area contributed by atoms with Crippen LogP contribution in [0, 0.1) is 0 Å². The summed E-state index contributed by atoms with van der Waals surface area (Å²) >= 11 is 0. The molecule has 1 aromatic carbocycles. The van der Waals surface area contributed by atoms with Crippen molar-refractivity contribution in [3.63, 3.8) is 0 Å². The Morgan fingerprint density at radius 3 is 2.40 bits per heavy atom. The predicted octanol–water partition coefficient (Wildman–Crippen LogP) is 1.92. The van der Waals surface area contributed by atoms with Gasteiger partial charge < -0.3 is 23.7 Å². The van der Waals surface area contributed by atoms with Crippen LogP contribution in [0.15, 0.2) is 24.3 Å². The zero-order valence-electron chi connectivity index (χ0n) is 14.4. The fourth-order valence-corrected chi connectivity index (χ4v) is 2.44. The van der Waals surface area contributed by atoms with Crippen LogP contribution in [0.4, 0.5) is 4.79 Å². The van der Waals surface area contributed by atoms with Gasteiger partial charge >= 0.3 is 18.5 Å². The maximum Gasteiger partial charge on any atom is 0.411 e. The molecule has 2 aliphatic rings. The third kappa shape index (κ3) is 4.14. The number of rotatable bonds is 2. The van der Waals surface area contributed by atoms with E-state index < -0.39 is 30.2 Å². The number of ether oxygens (including phenoxy) is 5. The van der Waals surface area contributed by atoms with Crippen LogP contribution < -0.4 is 9.47 Å². The average Bonchev–Trinajstić information content (AvgIpc) is 2.95. The van der Waals surface area contributed by atoms with Crippen molar-refractivity contribution in [2.75, 3.05) is 19.8 Å². The number of hydrogen-bond acceptors (Lipinski definition) is 7. The van der Waals surface area contributed by atoms with Gasteiger partial charge in [0, 0.05) is 6.54 Å². The Kier molecular flexibility index (Phi) is 4.71. The van der Waals surface area contributed by atoms with E-state index in [0.717, 1.165) is 0 Å². The molecule has 0 saturated carbocycles. The lowest BCUT2D eigenvalue weighted by molar-refractivity contribution is -0.203. The molecule has 0 radical (unpaired) electrons. The molecular weight excluding hydrogens is 330 g/mol. The number of hydrogen-bond donors (Lipinski definition) is 0. The zero-order valence-corrected chi connectivity index (χ0v) is 14.4. The smallest absolute Gasteiger partial charge is 0.411 e. The van der Waals surface area contributed by atoms with Gasteiger partial charge in [-0.25, -0.2) is 9.59 Å². The molecule has 8 heteroatoms. The van der Waals surface area contributed by atoms with Gasteiger partial charge in [0.1, 0.15) is 5.60 Å². The number of morpholine rings is 1. The van der Waals surface area contributed by atoms with Crippen molar-refractivity contribution in [2.45, 2.75) is 38.9 Å². The third-order valence-electron chi connectivity index (χ3n) is 3.54. The van der Waals surface area contributed by atoms with Crippen LogP contribution >= 0.6 is 0 Å². The normalized spacial score (nSPS) is 20.3. The van der Waals surface area contributed by atoms with E-state index in [-0.39, 0.29) is 13.2 Å². The van der Waals surface area contributed by atoms with Crippen molar-refractivity contribution in [1.29, 1.82) is 0 Å². The van der Waals surface area contributed by atoms with Gasteiger partial charge in [-0.15, -0.1) is 0 Å². The minimum absolute atomic E-state index is 0.0255. The molecule has 1 saturated heterocycles. The number of benzene rings is 1. The Hall–Kier alpha value is -2.48. The first kappa shape index (κ1) is 17.3. The van der Waals surface area contributed by atoms with Crippen LogP contribution in [-0.2, 0) is 19.0 Å². The molecule has 0 aliphatic carbocycles. The first-order chi connectivity index (χ1) is 11.8. The predicted molar refractivity (Wildman–Crippen MR) is 85.1 cm³/mol. The molecule has 1 unspecified atom stereocenters. The molecule has 0 bridgehead atoms. The standard InChI is InChI=1S/C17H21NO7/c1-17(2,3)25-15(20)18-8-9-21-10-11(18)14(19)24-16-22-12-6-4-5-7-13(12)23-16/h4-7,11,16H,8-10H2,1-3H3. The Morgan fingerprint density at radius 1 is 1.16 bits per heavy atom. The first-order valence-electron chi connectivity index (χ1n) is 8.04. The number of fused-ring (bicyclic) bond motifs is 1. The summed E-state index contributed by atoms with van der Waals surface area (Å²) in [4.78, 5) is 26.1. The molecule has 25 heavy (non-hydrogen) atoms. The van der Waals surface area contributed by atoms with Crippen molar-refractivity contribution in [3.05, 3.63) is 24.3 Å². The van der Waals surface area contributed by atoms with Gasteiger partial charge in [-0.1, -0.05) is 12.1 Å². The van der Waals surface area contributed by atoms with E-state index in [1.54, 1.807) is 45.0 Å². The van der Waals surface area contributed by atoms with Gasteiger partial charge in [-0.2, -0.15) is 0 Å². The summed E-state index contributed by atoms with van der Waals surface area (Å²) in [6.45, 7) is 4.68. The number of carbonyl (C=O) groups excluding carboxylic acids is 2. The Morgan fingerprint density at radius 2 is 1.80 bits per heavy atom. The van der Waals surface area contributed by atoms with Crippen LogP contribution in [0.2, 0.25) is 0 Å². The monoisotopic (exact) mass is 351 g/mol. The van der Waals surface area contributed by atoms with Crippen LogP contribution in [0.25, 0.3) is 0 Å². The van der Waals surface area contributed by atoms with E-state index in [0.29, 0.717) is 18.1 Å². The fraction of sp³-hybridized carbons (Fsp3) is 0.529. The van der Waals surface area contributed by atoms with Crippen LogP contribution in [0.1, 0.15) is 20.8 Å². The first-order valence-corrected chi connectivity index (χ1v) is 8.04. The lowest BCUT2D eigenvalue weighted by Crippen LogP contribution is -2.55. The topological polar surface area (TPSA) is 83.5 Å². The van der Waals surface area contributed by atoms with Gasteiger partial charge in [0.05, 0.1) is 13.2 Å². The minimum Gasteiger partial charge on any atom is -0.444 e. The number of esters is 1. The molecule has 3 rings (SSSR count). The number of amides is 1. The molecule has 2 heterocycles. The van der Waals surface area contributed by atoms with Crippen molar-refractivity contribution >= 4 is 12.1 Å². The second kappa shape index (κ2) is 6.79. The van der Waals surface area contributed by atoms with Gasteiger partial charge in [-0.05, 0) is 32.9 Å². The molecule has 1 aromatic rings. The highest BCUT2D eigenvalue weighted by Crippen LogP contribution is 2.34. The SMILES string of the molecule is CC(C)(C)OC(=O)N1CCOCC1C(=O)OC1Oc2ccccc2O1. The molecule has 0 spiro atoms. The Bertz CT molecular complexity index is 630. The number of nitrogens with zero attached hydrogens (tertiary/aromatic N) is 1. The summed E-state index contributed by atoms with van der Waals surface area (Å²) in [7, 11) is 0. The van der Waals surface area contributed by atoms with Gasteiger partial charge in [0.25, 0.3) is 0 Å². The lowest BCUT2D eigenvalue weighted by atomic mass is 10.2. The molecule has 0 N–H and O–H groups in total. The molecular formula is C17H21NO7. The lowest BCUT2D eigenvalue weighted by Gasteiger charge is -2.35. The summed E-state index contributed by atoms with van der Waals surface area (Å²) in [6.07, 6.45) is -0.589. The van der Waals surface area contributed by atoms with Gasteiger partial charge in [0.2, 0.25) is 0 Å². The van der Waals surface area contributed by atoms with Crippen molar-refractivity contribution < 1.29 is 33.3 Å². The van der Waals surface area contributed by atoms with E-state index >= 15 is 0 Å². The van der Waals surface area contributed by atoms with Crippen molar-refractivity contribution in [2.24, 2.45) is 0 Å². The van der Waals surface area contributed by atoms with E-state index in [1.165, 1.54) is 4.90 Å². The summed E-state index contributed by atoms with van der Waals surface area (Å²) < 4.78 is 26.7. The highest BCUT2D eigenvalue weighted by molar-refractivity contribution is 5.82.